The van der Waals surface area contributed by atoms with Gasteiger partial charge in [0.15, 0.2) is 5.96 Å². The summed E-state index contributed by atoms with van der Waals surface area (Å²) in [5.41, 5.74) is -0.0293. The van der Waals surface area contributed by atoms with Gasteiger partial charge in [0, 0.05) is 25.6 Å². The van der Waals surface area contributed by atoms with Crippen molar-refractivity contribution in [2.45, 2.75) is 53.0 Å². The van der Waals surface area contributed by atoms with Gasteiger partial charge in [-0.1, -0.05) is 34.6 Å². The van der Waals surface area contributed by atoms with Crippen LogP contribution in [0.4, 0.5) is 0 Å². The molecular formula is C17H32N4O2. The minimum Gasteiger partial charge on any atom is -0.443 e. The monoisotopic (exact) mass is 324 g/mol. The van der Waals surface area contributed by atoms with Gasteiger partial charge in [-0.3, -0.25) is 4.99 Å². The third kappa shape index (κ3) is 8.02. The van der Waals surface area contributed by atoms with Crippen LogP contribution >= 0.6 is 0 Å². The van der Waals surface area contributed by atoms with Crippen molar-refractivity contribution in [2.75, 3.05) is 26.8 Å². The summed E-state index contributed by atoms with van der Waals surface area (Å²) in [6.07, 6.45) is 2.88. The Morgan fingerprint density at radius 2 is 2.04 bits per heavy atom. The molecule has 1 aromatic rings. The highest BCUT2D eigenvalue weighted by Gasteiger charge is 2.19. The highest BCUT2D eigenvalue weighted by atomic mass is 16.5. The molecule has 1 rings (SSSR count). The smallest absolute Gasteiger partial charge is 0.213 e. The predicted molar refractivity (Wildman–Crippen MR) is 93.7 cm³/mol. The van der Waals surface area contributed by atoms with Gasteiger partial charge in [-0.05, 0) is 12.3 Å². The molecule has 0 aliphatic heterocycles. The van der Waals surface area contributed by atoms with Crippen molar-refractivity contribution in [3.8, 4) is 0 Å². The van der Waals surface area contributed by atoms with Crippen molar-refractivity contribution in [1.82, 2.24) is 15.6 Å². The summed E-state index contributed by atoms with van der Waals surface area (Å²) in [5.74, 6) is 2.94. The van der Waals surface area contributed by atoms with Crippen molar-refractivity contribution in [2.24, 2.45) is 10.9 Å². The number of nitrogens with one attached hydrogen (secondary N) is 2. The Labute approximate surface area is 140 Å². The molecule has 0 aliphatic rings. The normalized spacial score (nSPS) is 12.7. The summed E-state index contributed by atoms with van der Waals surface area (Å²) in [7, 11) is 1.74. The van der Waals surface area contributed by atoms with Gasteiger partial charge in [-0.15, -0.1) is 0 Å². The second-order valence-corrected chi connectivity index (χ2v) is 7.02. The highest BCUT2D eigenvalue weighted by Crippen LogP contribution is 2.22. The largest absolute Gasteiger partial charge is 0.443 e. The Balaban J connectivity index is 2.25. The van der Waals surface area contributed by atoms with E-state index in [1.165, 1.54) is 0 Å². The molecule has 0 saturated carbocycles. The predicted octanol–water partition coefficient (Wildman–Crippen LogP) is 2.70. The van der Waals surface area contributed by atoms with E-state index in [0.29, 0.717) is 30.9 Å². The van der Waals surface area contributed by atoms with E-state index in [9.17, 15) is 0 Å². The second-order valence-electron chi connectivity index (χ2n) is 7.02. The van der Waals surface area contributed by atoms with Gasteiger partial charge < -0.3 is 19.8 Å². The molecule has 0 bridgehead atoms. The number of guanidine groups is 1. The first kappa shape index (κ1) is 19.5. The molecule has 0 fully saturated rings. The van der Waals surface area contributed by atoms with E-state index in [-0.39, 0.29) is 5.41 Å². The van der Waals surface area contributed by atoms with Crippen LogP contribution in [-0.2, 0) is 16.7 Å². The molecule has 0 aliphatic carbocycles. The zero-order chi connectivity index (χ0) is 17.3. The van der Waals surface area contributed by atoms with Crippen molar-refractivity contribution in [1.29, 1.82) is 0 Å². The van der Waals surface area contributed by atoms with E-state index in [2.05, 4.69) is 55.2 Å². The molecule has 0 saturated heterocycles. The van der Waals surface area contributed by atoms with Crippen LogP contribution in [0.1, 0.15) is 52.7 Å². The standard InChI is InChI=1S/C17H32N4O2/c1-13(2)7-9-22-10-8-19-16(18-6)21-12-15-20-11-14(23-15)17(3,4)5/h11,13H,7-10,12H2,1-6H3,(H2,18,19,21). The molecule has 132 valence electrons. The molecule has 0 spiro atoms. The third-order valence-electron chi connectivity index (χ3n) is 3.30. The van der Waals surface area contributed by atoms with Crippen molar-refractivity contribution in [3.63, 3.8) is 0 Å². The van der Waals surface area contributed by atoms with Gasteiger partial charge in [0.1, 0.15) is 5.76 Å². The van der Waals surface area contributed by atoms with E-state index < -0.39 is 0 Å². The zero-order valence-electron chi connectivity index (χ0n) is 15.4. The fraction of sp³-hybridized carbons (Fsp3) is 0.765. The van der Waals surface area contributed by atoms with Gasteiger partial charge in [0.05, 0.1) is 19.3 Å². The summed E-state index contributed by atoms with van der Waals surface area (Å²) >= 11 is 0. The number of nitrogens with zero attached hydrogens (tertiary/aromatic N) is 2. The van der Waals surface area contributed by atoms with Gasteiger partial charge in [-0.2, -0.15) is 0 Å². The van der Waals surface area contributed by atoms with Crippen LogP contribution in [0.25, 0.3) is 0 Å². The van der Waals surface area contributed by atoms with Crippen LogP contribution in [0.2, 0.25) is 0 Å². The molecular weight excluding hydrogens is 292 g/mol. The number of oxazole rings is 1. The average molecular weight is 324 g/mol. The topological polar surface area (TPSA) is 71.7 Å². The highest BCUT2D eigenvalue weighted by molar-refractivity contribution is 5.79. The first-order chi connectivity index (χ1) is 10.8. The second kappa shape index (κ2) is 9.55. The molecule has 0 atom stereocenters. The first-order valence-corrected chi connectivity index (χ1v) is 8.30. The Morgan fingerprint density at radius 1 is 1.30 bits per heavy atom. The number of rotatable bonds is 8. The maximum atomic E-state index is 5.74. The molecule has 1 aromatic heterocycles. The number of aliphatic imine (C=N–C) groups is 1. The molecule has 1 heterocycles. The number of hydrogen-bond donors (Lipinski definition) is 2. The average Bonchev–Trinajstić information content (AvgIpc) is 2.94. The van der Waals surface area contributed by atoms with E-state index in [0.717, 1.165) is 25.3 Å². The number of hydrogen-bond acceptors (Lipinski definition) is 4. The van der Waals surface area contributed by atoms with Crippen LogP contribution in [0.3, 0.4) is 0 Å². The number of aromatic nitrogens is 1. The minimum atomic E-state index is -0.0293. The van der Waals surface area contributed by atoms with Crippen LogP contribution in [-0.4, -0.2) is 37.7 Å². The lowest BCUT2D eigenvalue weighted by Crippen LogP contribution is -2.38. The van der Waals surface area contributed by atoms with Crippen LogP contribution in [0.5, 0.6) is 0 Å². The fourth-order valence-electron chi connectivity index (χ4n) is 1.78. The molecule has 6 nitrogen and oxygen atoms in total. The molecule has 0 amide bonds. The fourth-order valence-corrected chi connectivity index (χ4v) is 1.78. The summed E-state index contributed by atoms with van der Waals surface area (Å²) < 4.78 is 11.3. The summed E-state index contributed by atoms with van der Waals surface area (Å²) in [4.78, 5) is 8.46. The Hall–Kier alpha value is -1.56. The molecule has 0 radical (unpaired) electrons. The molecule has 2 N–H and O–H groups in total. The lowest BCUT2D eigenvalue weighted by atomic mass is 9.94. The SMILES string of the molecule is CN=C(NCCOCCC(C)C)NCc1ncc(C(C)(C)C)o1. The molecule has 0 unspecified atom stereocenters. The van der Waals surface area contributed by atoms with Gasteiger partial charge in [-0.25, -0.2) is 4.98 Å². The maximum absolute atomic E-state index is 5.74. The quantitative estimate of drug-likeness (QED) is 0.437. The van der Waals surface area contributed by atoms with Crippen LogP contribution in [0.15, 0.2) is 15.6 Å². The Morgan fingerprint density at radius 3 is 2.61 bits per heavy atom. The summed E-state index contributed by atoms with van der Waals surface area (Å²) in [6.45, 7) is 13.4. The van der Waals surface area contributed by atoms with Crippen molar-refractivity contribution >= 4 is 5.96 Å². The number of ether oxygens (including phenoxy) is 1. The van der Waals surface area contributed by atoms with Gasteiger partial charge in [0.2, 0.25) is 5.89 Å². The Bertz CT molecular complexity index is 475. The summed E-state index contributed by atoms with van der Waals surface area (Å²) in [6, 6.07) is 0. The van der Waals surface area contributed by atoms with E-state index in [1.54, 1.807) is 13.2 Å². The molecule has 6 heteroatoms. The van der Waals surface area contributed by atoms with E-state index in [4.69, 9.17) is 9.15 Å². The molecule has 0 aromatic carbocycles. The van der Waals surface area contributed by atoms with E-state index >= 15 is 0 Å². The van der Waals surface area contributed by atoms with E-state index in [1.807, 2.05) is 0 Å². The zero-order valence-corrected chi connectivity index (χ0v) is 15.4. The minimum absolute atomic E-state index is 0.0293. The maximum Gasteiger partial charge on any atom is 0.213 e. The lowest BCUT2D eigenvalue weighted by molar-refractivity contribution is 0.128. The summed E-state index contributed by atoms with van der Waals surface area (Å²) in [5, 5.41) is 6.40. The third-order valence-corrected chi connectivity index (χ3v) is 3.30. The van der Waals surface area contributed by atoms with Gasteiger partial charge >= 0.3 is 0 Å². The Kier molecular flexibility index (Phi) is 8.09. The van der Waals surface area contributed by atoms with Crippen molar-refractivity contribution in [3.05, 3.63) is 17.8 Å². The molecule has 23 heavy (non-hydrogen) atoms. The van der Waals surface area contributed by atoms with Crippen LogP contribution < -0.4 is 10.6 Å². The lowest BCUT2D eigenvalue weighted by Gasteiger charge is -2.13. The van der Waals surface area contributed by atoms with Crippen LogP contribution in [0, 0.1) is 5.92 Å². The van der Waals surface area contributed by atoms with Gasteiger partial charge in [0.25, 0.3) is 0 Å². The first-order valence-electron chi connectivity index (χ1n) is 8.30. The van der Waals surface area contributed by atoms with Crippen molar-refractivity contribution < 1.29 is 9.15 Å².